The summed E-state index contributed by atoms with van der Waals surface area (Å²) >= 11 is 1.54. The number of ether oxygens (including phenoxy) is 1. The van der Waals surface area contributed by atoms with Gasteiger partial charge in [0, 0.05) is 6.07 Å². The summed E-state index contributed by atoms with van der Waals surface area (Å²) in [4.78, 5) is 10.5. The maximum absolute atomic E-state index is 10.9. The van der Waals surface area contributed by atoms with E-state index >= 15 is 0 Å². The Kier molecular flexibility index (Phi) is 3.59. The van der Waals surface area contributed by atoms with Crippen molar-refractivity contribution in [2.24, 2.45) is 5.73 Å². The zero-order valence-corrected chi connectivity index (χ0v) is 10.5. The van der Waals surface area contributed by atoms with Crippen LogP contribution in [0.1, 0.15) is 17.2 Å². The van der Waals surface area contributed by atoms with Crippen LogP contribution in [0.4, 0.5) is 5.69 Å². The van der Waals surface area contributed by atoms with Gasteiger partial charge in [-0.25, -0.2) is 0 Å². The lowest BCUT2D eigenvalue weighted by Crippen LogP contribution is -2.11. The van der Waals surface area contributed by atoms with E-state index in [1.165, 1.54) is 13.2 Å². The normalized spacial score (nSPS) is 12.1. The first kappa shape index (κ1) is 12.5. The van der Waals surface area contributed by atoms with Gasteiger partial charge in [0.2, 0.25) is 0 Å². The third kappa shape index (κ3) is 2.34. The van der Waals surface area contributed by atoms with E-state index in [4.69, 9.17) is 10.5 Å². The van der Waals surface area contributed by atoms with Crippen molar-refractivity contribution in [1.29, 1.82) is 0 Å². The van der Waals surface area contributed by atoms with Crippen LogP contribution in [0.25, 0.3) is 0 Å². The molecule has 0 fully saturated rings. The zero-order valence-electron chi connectivity index (χ0n) is 9.70. The maximum Gasteiger partial charge on any atom is 0.311 e. The second-order valence-electron chi connectivity index (χ2n) is 3.72. The molecule has 0 amide bonds. The van der Waals surface area contributed by atoms with E-state index in [2.05, 4.69) is 0 Å². The third-order valence-corrected chi connectivity index (χ3v) is 3.36. The summed E-state index contributed by atoms with van der Waals surface area (Å²) in [5.74, 6) is 0.237. The molecule has 0 aliphatic rings. The Balaban J connectivity index is 2.41. The van der Waals surface area contributed by atoms with Crippen molar-refractivity contribution in [2.45, 2.75) is 6.04 Å². The predicted octanol–water partition coefficient (Wildman–Crippen LogP) is 2.71. The number of nitro benzene ring substituents is 1. The van der Waals surface area contributed by atoms with E-state index in [1.54, 1.807) is 23.5 Å². The summed E-state index contributed by atoms with van der Waals surface area (Å²) in [6, 6.07) is 6.32. The lowest BCUT2D eigenvalue weighted by atomic mass is 10.0. The van der Waals surface area contributed by atoms with Crippen LogP contribution in [-0.4, -0.2) is 12.0 Å². The molecular formula is C12H12N2O3S. The van der Waals surface area contributed by atoms with Crippen LogP contribution in [0, 0.1) is 10.1 Å². The van der Waals surface area contributed by atoms with Gasteiger partial charge in [-0.15, -0.1) is 0 Å². The van der Waals surface area contributed by atoms with E-state index in [0.29, 0.717) is 5.56 Å². The molecule has 0 spiro atoms. The number of thiophene rings is 1. The van der Waals surface area contributed by atoms with Gasteiger partial charge in [-0.1, -0.05) is 6.07 Å². The first-order chi connectivity index (χ1) is 8.63. The van der Waals surface area contributed by atoms with E-state index < -0.39 is 4.92 Å². The highest BCUT2D eigenvalue weighted by Gasteiger charge is 2.18. The quantitative estimate of drug-likeness (QED) is 0.680. The fourth-order valence-corrected chi connectivity index (χ4v) is 2.38. The molecule has 1 heterocycles. The Bertz CT molecular complexity index is 554. The highest BCUT2D eigenvalue weighted by molar-refractivity contribution is 7.08. The Hall–Kier alpha value is -1.92. The molecule has 1 aromatic heterocycles. The molecule has 18 heavy (non-hydrogen) atoms. The summed E-state index contributed by atoms with van der Waals surface area (Å²) in [6.45, 7) is 0. The number of hydrogen-bond acceptors (Lipinski definition) is 5. The molecule has 5 nitrogen and oxygen atoms in total. The molecule has 0 aliphatic heterocycles. The fourth-order valence-electron chi connectivity index (χ4n) is 1.69. The molecule has 0 saturated heterocycles. The monoisotopic (exact) mass is 264 g/mol. The standard InChI is InChI=1S/C12H12N2O3S/c1-17-11-3-2-8(6-10(11)14(15)16)12(13)9-4-5-18-7-9/h2-7,12H,13H2,1H3/t12-/m1/s1. The van der Waals surface area contributed by atoms with Gasteiger partial charge >= 0.3 is 5.69 Å². The molecule has 1 atom stereocenters. The number of hydrogen-bond donors (Lipinski definition) is 1. The number of nitrogens with zero attached hydrogens (tertiary/aromatic N) is 1. The van der Waals surface area contributed by atoms with E-state index in [9.17, 15) is 10.1 Å². The van der Waals surface area contributed by atoms with Crippen LogP contribution in [-0.2, 0) is 0 Å². The van der Waals surface area contributed by atoms with Crippen LogP contribution < -0.4 is 10.5 Å². The van der Waals surface area contributed by atoms with Gasteiger partial charge in [0.15, 0.2) is 5.75 Å². The number of benzene rings is 1. The Morgan fingerprint density at radius 3 is 2.72 bits per heavy atom. The van der Waals surface area contributed by atoms with Crippen LogP contribution in [0.2, 0.25) is 0 Å². The molecule has 2 rings (SSSR count). The molecule has 0 unspecified atom stereocenters. The molecule has 94 valence electrons. The first-order valence-corrected chi connectivity index (χ1v) is 6.17. The van der Waals surface area contributed by atoms with Crippen molar-refractivity contribution in [3.63, 3.8) is 0 Å². The molecule has 1 aromatic carbocycles. The molecule has 2 aromatic rings. The molecule has 0 saturated carbocycles. The van der Waals surface area contributed by atoms with Gasteiger partial charge in [0.25, 0.3) is 0 Å². The van der Waals surface area contributed by atoms with Gasteiger partial charge in [-0.2, -0.15) is 11.3 Å². The van der Waals surface area contributed by atoms with Crippen LogP contribution in [0.3, 0.4) is 0 Å². The number of methoxy groups -OCH3 is 1. The van der Waals surface area contributed by atoms with Crippen molar-refractivity contribution in [3.8, 4) is 5.75 Å². The second kappa shape index (κ2) is 5.16. The average molecular weight is 264 g/mol. The minimum absolute atomic E-state index is 0.0688. The Morgan fingerprint density at radius 2 is 2.17 bits per heavy atom. The fraction of sp³-hybridized carbons (Fsp3) is 0.167. The molecule has 6 heteroatoms. The topological polar surface area (TPSA) is 78.4 Å². The van der Waals surface area contributed by atoms with E-state index in [-0.39, 0.29) is 17.5 Å². The maximum atomic E-state index is 10.9. The molecule has 0 radical (unpaired) electrons. The van der Waals surface area contributed by atoms with Gasteiger partial charge in [-0.05, 0) is 34.0 Å². The summed E-state index contributed by atoms with van der Waals surface area (Å²) in [5, 5.41) is 14.8. The highest BCUT2D eigenvalue weighted by atomic mass is 32.1. The van der Waals surface area contributed by atoms with Gasteiger partial charge in [0.1, 0.15) is 0 Å². The lowest BCUT2D eigenvalue weighted by molar-refractivity contribution is -0.385. The number of nitro groups is 1. The number of rotatable bonds is 4. The van der Waals surface area contributed by atoms with Gasteiger partial charge < -0.3 is 10.5 Å². The minimum atomic E-state index is -0.470. The van der Waals surface area contributed by atoms with Crippen LogP contribution in [0.15, 0.2) is 35.0 Å². The predicted molar refractivity (Wildman–Crippen MR) is 70.0 cm³/mol. The summed E-state index contributed by atoms with van der Waals surface area (Å²) in [5.41, 5.74) is 7.63. The molecule has 0 bridgehead atoms. The van der Waals surface area contributed by atoms with Crippen molar-refractivity contribution in [2.75, 3.05) is 7.11 Å². The highest BCUT2D eigenvalue weighted by Crippen LogP contribution is 2.31. The van der Waals surface area contributed by atoms with Crippen molar-refractivity contribution >= 4 is 17.0 Å². The minimum Gasteiger partial charge on any atom is -0.490 e. The van der Waals surface area contributed by atoms with Crippen LogP contribution in [0.5, 0.6) is 5.75 Å². The zero-order chi connectivity index (χ0) is 13.1. The molecule has 2 N–H and O–H groups in total. The first-order valence-electron chi connectivity index (χ1n) is 5.23. The molecule has 0 aliphatic carbocycles. The van der Waals surface area contributed by atoms with Crippen molar-refractivity contribution < 1.29 is 9.66 Å². The summed E-state index contributed by atoms with van der Waals surface area (Å²) < 4.78 is 4.95. The smallest absolute Gasteiger partial charge is 0.311 e. The lowest BCUT2D eigenvalue weighted by Gasteiger charge is -2.11. The summed E-state index contributed by atoms with van der Waals surface area (Å²) in [6.07, 6.45) is 0. The average Bonchev–Trinajstić information content (AvgIpc) is 2.90. The van der Waals surface area contributed by atoms with Crippen molar-refractivity contribution in [1.82, 2.24) is 0 Å². The third-order valence-electron chi connectivity index (χ3n) is 2.66. The Morgan fingerprint density at radius 1 is 1.39 bits per heavy atom. The van der Waals surface area contributed by atoms with Gasteiger partial charge in [-0.3, -0.25) is 10.1 Å². The van der Waals surface area contributed by atoms with Gasteiger partial charge in [0.05, 0.1) is 18.1 Å². The number of nitrogens with two attached hydrogens (primary N) is 1. The second-order valence-corrected chi connectivity index (χ2v) is 4.50. The SMILES string of the molecule is COc1ccc([C@@H](N)c2ccsc2)cc1[N+](=O)[O-]. The van der Waals surface area contributed by atoms with E-state index in [1.807, 2.05) is 16.8 Å². The van der Waals surface area contributed by atoms with Crippen LogP contribution >= 0.6 is 11.3 Å². The molecular weight excluding hydrogens is 252 g/mol. The summed E-state index contributed by atoms with van der Waals surface area (Å²) in [7, 11) is 1.40. The Labute approximate surface area is 108 Å². The van der Waals surface area contributed by atoms with E-state index in [0.717, 1.165) is 5.56 Å². The van der Waals surface area contributed by atoms with Crippen molar-refractivity contribution in [3.05, 3.63) is 56.3 Å². The largest absolute Gasteiger partial charge is 0.490 e.